The number of nitrogens with zero attached hydrogens (tertiary/aromatic N) is 4. The standard InChI is InChI=1S/C29H34N6O3S/c1-20-8-14-24(15-9-20)39(37,38)35-17-16-22(19-35)28(36)30-18-21-10-12-23(13-11-21)31-29-32-26-7-5-4-6-25(26)27(33-29)34(2)3/h4-9,14-17,19,21,23H,10-13,18H2,1-3H3,(H,30,36)(H,31,32,33)/t21-,23+. The highest BCUT2D eigenvalue weighted by atomic mass is 32.2. The molecule has 9 nitrogen and oxygen atoms in total. The van der Waals surface area contributed by atoms with Crippen LogP contribution in [-0.4, -0.2) is 54.9 Å². The van der Waals surface area contributed by atoms with Crippen LogP contribution in [-0.2, 0) is 10.0 Å². The van der Waals surface area contributed by atoms with Crippen LogP contribution in [0.5, 0.6) is 0 Å². The molecule has 1 aliphatic rings. The van der Waals surface area contributed by atoms with Crippen molar-refractivity contribution in [1.82, 2.24) is 19.3 Å². The summed E-state index contributed by atoms with van der Waals surface area (Å²) in [7, 11) is 0.225. The molecule has 4 aromatic rings. The number of anilines is 2. The van der Waals surface area contributed by atoms with E-state index in [0.717, 1.165) is 51.9 Å². The van der Waals surface area contributed by atoms with Gasteiger partial charge in [0.2, 0.25) is 5.95 Å². The lowest BCUT2D eigenvalue weighted by Gasteiger charge is -2.29. The molecule has 2 aromatic heterocycles. The first-order valence-corrected chi connectivity index (χ1v) is 14.6. The molecule has 0 radical (unpaired) electrons. The molecular formula is C29H34N6O3S. The Bertz CT molecular complexity index is 1570. The minimum atomic E-state index is -3.74. The normalized spacial score (nSPS) is 17.6. The third-order valence-electron chi connectivity index (χ3n) is 7.26. The van der Waals surface area contributed by atoms with Gasteiger partial charge >= 0.3 is 0 Å². The van der Waals surface area contributed by atoms with E-state index < -0.39 is 10.0 Å². The van der Waals surface area contributed by atoms with E-state index in [4.69, 9.17) is 9.97 Å². The van der Waals surface area contributed by atoms with Crippen LogP contribution < -0.4 is 15.5 Å². The zero-order valence-corrected chi connectivity index (χ0v) is 23.3. The van der Waals surface area contributed by atoms with Crippen LogP contribution in [0.1, 0.15) is 41.6 Å². The van der Waals surface area contributed by atoms with Crippen molar-refractivity contribution in [2.24, 2.45) is 5.92 Å². The molecule has 204 valence electrons. The van der Waals surface area contributed by atoms with E-state index in [1.807, 2.05) is 50.2 Å². The van der Waals surface area contributed by atoms with Crippen molar-refractivity contribution in [1.29, 1.82) is 0 Å². The van der Waals surface area contributed by atoms with Gasteiger partial charge in [0.05, 0.1) is 16.0 Å². The predicted molar refractivity (Wildman–Crippen MR) is 154 cm³/mol. The molecule has 0 atom stereocenters. The van der Waals surface area contributed by atoms with Crippen molar-refractivity contribution in [2.45, 2.75) is 43.5 Å². The van der Waals surface area contributed by atoms with Crippen LogP contribution in [0.3, 0.4) is 0 Å². The highest BCUT2D eigenvalue weighted by Gasteiger charge is 2.24. The van der Waals surface area contributed by atoms with Gasteiger partial charge in [0, 0.05) is 44.5 Å². The van der Waals surface area contributed by atoms with Crippen LogP contribution in [0.4, 0.5) is 11.8 Å². The molecule has 0 aliphatic heterocycles. The molecule has 1 saturated carbocycles. The van der Waals surface area contributed by atoms with Crippen LogP contribution in [0, 0.1) is 12.8 Å². The van der Waals surface area contributed by atoms with E-state index in [9.17, 15) is 13.2 Å². The second-order valence-electron chi connectivity index (χ2n) is 10.4. The fourth-order valence-electron chi connectivity index (χ4n) is 4.99. The molecular weight excluding hydrogens is 512 g/mol. The van der Waals surface area contributed by atoms with Crippen LogP contribution in [0.25, 0.3) is 10.9 Å². The van der Waals surface area contributed by atoms with Gasteiger partial charge in [0.25, 0.3) is 15.9 Å². The van der Waals surface area contributed by atoms with Gasteiger partial charge in [-0.1, -0.05) is 29.8 Å². The van der Waals surface area contributed by atoms with Gasteiger partial charge in [-0.2, -0.15) is 4.98 Å². The maximum absolute atomic E-state index is 12.9. The number of aryl methyl sites for hydroxylation is 1. The Balaban J connectivity index is 1.14. The van der Waals surface area contributed by atoms with E-state index in [1.54, 1.807) is 24.3 Å². The van der Waals surface area contributed by atoms with Gasteiger partial charge in [-0.25, -0.2) is 17.4 Å². The second kappa shape index (κ2) is 11.1. The number of hydrogen-bond acceptors (Lipinski definition) is 7. The number of amides is 1. The lowest BCUT2D eigenvalue weighted by atomic mass is 9.86. The number of benzene rings is 2. The van der Waals surface area contributed by atoms with Crippen molar-refractivity contribution in [3.63, 3.8) is 0 Å². The Labute approximate surface area is 229 Å². The minimum absolute atomic E-state index is 0.188. The fraction of sp³-hybridized carbons (Fsp3) is 0.345. The monoisotopic (exact) mass is 546 g/mol. The molecule has 39 heavy (non-hydrogen) atoms. The van der Waals surface area contributed by atoms with Crippen molar-refractivity contribution >= 4 is 38.6 Å². The van der Waals surface area contributed by atoms with Gasteiger partial charge in [0.1, 0.15) is 5.82 Å². The van der Waals surface area contributed by atoms with Crippen molar-refractivity contribution in [2.75, 3.05) is 30.9 Å². The topological polar surface area (TPSA) is 109 Å². The number of aromatic nitrogens is 3. The zero-order valence-electron chi connectivity index (χ0n) is 22.5. The molecule has 5 rings (SSSR count). The molecule has 0 bridgehead atoms. The smallest absolute Gasteiger partial charge is 0.267 e. The van der Waals surface area contributed by atoms with E-state index in [2.05, 4.69) is 10.6 Å². The molecule has 2 aromatic carbocycles. The first kappa shape index (κ1) is 26.7. The lowest BCUT2D eigenvalue weighted by Crippen LogP contribution is -2.34. The third-order valence-corrected chi connectivity index (χ3v) is 8.91. The first-order valence-electron chi connectivity index (χ1n) is 13.2. The lowest BCUT2D eigenvalue weighted by molar-refractivity contribution is 0.0943. The molecule has 1 aliphatic carbocycles. The van der Waals surface area contributed by atoms with E-state index in [0.29, 0.717) is 24.0 Å². The maximum atomic E-state index is 12.9. The largest absolute Gasteiger partial charge is 0.362 e. The number of carbonyl (C=O) groups is 1. The molecule has 0 unspecified atom stereocenters. The van der Waals surface area contributed by atoms with E-state index in [1.165, 1.54) is 18.5 Å². The summed E-state index contributed by atoms with van der Waals surface area (Å²) in [6.07, 6.45) is 6.64. The Kier molecular flexibility index (Phi) is 7.56. The number of rotatable bonds is 8. The predicted octanol–water partition coefficient (Wildman–Crippen LogP) is 4.44. The highest BCUT2D eigenvalue weighted by molar-refractivity contribution is 7.90. The zero-order chi connectivity index (χ0) is 27.6. The Morgan fingerprint density at radius 1 is 1.00 bits per heavy atom. The number of fused-ring (bicyclic) bond motifs is 1. The van der Waals surface area contributed by atoms with Gasteiger partial charge in [-0.3, -0.25) is 4.79 Å². The highest BCUT2D eigenvalue weighted by Crippen LogP contribution is 2.28. The molecule has 0 spiro atoms. The molecule has 10 heteroatoms. The van der Waals surface area contributed by atoms with Gasteiger partial charge in [-0.15, -0.1) is 0 Å². The van der Waals surface area contributed by atoms with Gasteiger partial charge in [0.15, 0.2) is 0 Å². The number of nitrogens with one attached hydrogen (secondary N) is 2. The quantitative estimate of drug-likeness (QED) is 0.336. The summed E-state index contributed by atoms with van der Waals surface area (Å²) in [5, 5.41) is 7.53. The average Bonchev–Trinajstić information content (AvgIpc) is 3.44. The minimum Gasteiger partial charge on any atom is -0.362 e. The summed E-state index contributed by atoms with van der Waals surface area (Å²) in [5.41, 5.74) is 2.22. The number of carbonyl (C=O) groups excluding carboxylic acids is 1. The molecule has 2 heterocycles. The first-order chi connectivity index (χ1) is 18.7. The maximum Gasteiger partial charge on any atom is 0.267 e. The van der Waals surface area contributed by atoms with Crippen LogP contribution in [0.15, 0.2) is 71.9 Å². The average molecular weight is 547 g/mol. The number of hydrogen-bond donors (Lipinski definition) is 2. The fourth-order valence-corrected chi connectivity index (χ4v) is 6.19. The summed E-state index contributed by atoms with van der Waals surface area (Å²) in [6.45, 7) is 2.45. The van der Waals surface area contributed by atoms with Crippen LogP contribution in [0.2, 0.25) is 0 Å². The van der Waals surface area contributed by atoms with Crippen LogP contribution >= 0.6 is 0 Å². The Morgan fingerprint density at radius 2 is 1.72 bits per heavy atom. The molecule has 0 saturated heterocycles. The summed E-state index contributed by atoms with van der Waals surface area (Å²) in [6, 6.07) is 16.5. The van der Waals surface area contributed by atoms with Crippen molar-refractivity contribution in [3.05, 3.63) is 78.1 Å². The second-order valence-corrected chi connectivity index (χ2v) is 12.2. The van der Waals surface area contributed by atoms with Crippen molar-refractivity contribution in [3.8, 4) is 0 Å². The molecule has 1 fully saturated rings. The summed E-state index contributed by atoms with van der Waals surface area (Å²) < 4.78 is 26.9. The van der Waals surface area contributed by atoms with E-state index in [-0.39, 0.29) is 16.8 Å². The number of para-hydroxylation sites is 1. The Hall–Kier alpha value is -3.92. The molecule has 2 N–H and O–H groups in total. The summed E-state index contributed by atoms with van der Waals surface area (Å²) in [4.78, 5) is 24.4. The van der Waals surface area contributed by atoms with Gasteiger partial charge in [-0.05, 0) is 68.9 Å². The summed E-state index contributed by atoms with van der Waals surface area (Å²) in [5.74, 6) is 1.62. The molecule has 1 amide bonds. The van der Waals surface area contributed by atoms with Gasteiger partial charge < -0.3 is 15.5 Å². The van der Waals surface area contributed by atoms with Crippen molar-refractivity contribution < 1.29 is 13.2 Å². The summed E-state index contributed by atoms with van der Waals surface area (Å²) >= 11 is 0. The van der Waals surface area contributed by atoms with E-state index >= 15 is 0 Å². The Morgan fingerprint density at radius 3 is 2.44 bits per heavy atom. The third kappa shape index (κ3) is 5.90. The SMILES string of the molecule is Cc1ccc(S(=O)(=O)n2ccc(C(=O)NC[C@H]3CC[C@@H](Nc4nc(N(C)C)c5ccccc5n4)CC3)c2)cc1.